The molecule has 2 aromatic carbocycles. The van der Waals surface area contributed by atoms with Crippen LogP contribution in [-0.4, -0.2) is 38.0 Å². The predicted molar refractivity (Wildman–Crippen MR) is 124 cm³/mol. The molecule has 0 radical (unpaired) electrons. The lowest BCUT2D eigenvalue weighted by atomic mass is 10.2. The van der Waals surface area contributed by atoms with Crippen molar-refractivity contribution in [2.24, 2.45) is 0 Å². The van der Waals surface area contributed by atoms with Crippen molar-refractivity contribution in [3.8, 4) is 11.4 Å². The lowest BCUT2D eigenvalue weighted by Crippen LogP contribution is -2.15. The zero-order valence-electron chi connectivity index (χ0n) is 18.0. The van der Waals surface area contributed by atoms with Crippen molar-refractivity contribution in [3.05, 3.63) is 59.4 Å². The highest BCUT2D eigenvalue weighted by molar-refractivity contribution is 7.99. The van der Waals surface area contributed by atoms with Crippen molar-refractivity contribution in [1.82, 2.24) is 19.7 Å². The molecule has 0 aliphatic rings. The molecule has 0 spiro atoms. The number of nitrogens with one attached hydrogen (secondary N) is 2. The number of fused-ring (bicyclic) bond motifs is 1. The number of aromatic amines is 1. The number of hydrogen-bond donors (Lipinski definition) is 2. The lowest BCUT2D eigenvalue weighted by molar-refractivity contribution is -0.113. The lowest BCUT2D eigenvalue weighted by Gasteiger charge is -2.07. The minimum atomic E-state index is -0.102. The first kappa shape index (κ1) is 21.0. The van der Waals surface area contributed by atoms with E-state index in [9.17, 15) is 4.79 Å². The number of carbonyl (C=O) groups is 1. The number of ether oxygens (including phenoxy) is 1. The fourth-order valence-corrected chi connectivity index (χ4v) is 4.05. The van der Waals surface area contributed by atoms with Crippen LogP contribution in [0.25, 0.3) is 16.7 Å². The summed E-state index contributed by atoms with van der Waals surface area (Å²) in [6.07, 6.45) is 0. The van der Waals surface area contributed by atoms with Gasteiger partial charge in [0.2, 0.25) is 5.91 Å². The smallest absolute Gasteiger partial charge is 0.234 e. The first-order valence-corrected chi connectivity index (χ1v) is 11.1. The van der Waals surface area contributed by atoms with Gasteiger partial charge in [0.25, 0.3) is 0 Å². The maximum Gasteiger partial charge on any atom is 0.234 e. The molecule has 2 N–H and O–H groups in total. The van der Waals surface area contributed by atoms with Crippen LogP contribution in [0.5, 0.6) is 5.75 Å². The van der Waals surface area contributed by atoms with Gasteiger partial charge in [-0.3, -0.25) is 4.79 Å². The van der Waals surface area contributed by atoms with E-state index < -0.39 is 0 Å². The number of aromatic nitrogens is 4. The summed E-state index contributed by atoms with van der Waals surface area (Å²) in [6, 6.07) is 13.9. The van der Waals surface area contributed by atoms with Gasteiger partial charge in [-0.1, -0.05) is 29.5 Å². The third-order valence-corrected chi connectivity index (χ3v) is 5.79. The number of H-pyrrole nitrogens is 1. The maximum atomic E-state index is 12.6. The van der Waals surface area contributed by atoms with Gasteiger partial charge in [0.05, 0.1) is 46.2 Å². The summed E-state index contributed by atoms with van der Waals surface area (Å²) in [4.78, 5) is 20.4. The molecule has 0 bridgehead atoms. The summed E-state index contributed by atoms with van der Waals surface area (Å²) in [6.45, 7) is 8.47. The number of imidazole rings is 1. The Morgan fingerprint density at radius 3 is 2.68 bits per heavy atom. The number of aryl methyl sites for hydroxylation is 2. The van der Waals surface area contributed by atoms with Crippen molar-refractivity contribution < 1.29 is 9.53 Å². The van der Waals surface area contributed by atoms with Gasteiger partial charge in [-0.25, -0.2) is 9.67 Å². The van der Waals surface area contributed by atoms with Crippen molar-refractivity contribution >= 4 is 34.4 Å². The van der Waals surface area contributed by atoms with Crippen LogP contribution in [0.4, 0.5) is 5.69 Å². The molecule has 2 aromatic heterocycles. The summed E-state index contributed by atoms with van der Waals surface area (Å²) in [5.41, 5.74) is 6.32. The normalized spacial score (nSPS) is 11.1. The van der Waals surface area contributed by atoms with Crippen LogP contribution in [-0.2, 0) is 4.79 Å². The molecule has 0 saturated carbocycles. The van der Waals surface area contributed by atoms with E-state index in [4.69, 9.17) is 4.74 Å². The third-order valence-electron chi connectivity index (χ3n) is 4.92. The predicted octanol–water partition coefficient (Wildman–Crippen LogP) is 4.80. The standard InChI is InChI=1S/C23H25N5O2S/c1-5-30-18-10-11-19-20(12-18)25-23(24-19)31-13-21(29)26-22-15(3)27-28(16(22)4)17-8-6-14(2)7-9-17/h6-12H,5,13H2,1-4H3,(H,24,25)(H,26,29). The molecule has 8 heteroatoms. The minimum Gasteiger partial charge on any atom is -0.494 e. The van der Waals surface area contributed by atoms with Crippen LogP contribution in [0.3, 0.4) is 0 Å². The fraction of sp³-hybridized carbons (Fsp3) is 0.261. The Kier molecular flexibility index (Phi) is 5.99. The van der Waals surface area contributed by atoms with Gasteiger partial charge in [0.15, 0.2) is 5.16 Å². The molecule has 0 saturated heterocycles. The number of thioether (sulfide) groups is 1. The summed E-state index contributed by atoms with van der Waals surface area (Å²) in [7, 11) is 0. The number of carbonyl (C=O) groups excluding carboxylic acids is 1. The SMILES string of the molecule is CCOc1ccc2nc(SCC(=O)Nc3c(C)nn(-c4ccc(C)cc4)c3C)[nH]c2c1. The van der Waals surface area contributed by atoms with Gasteiger partial charge in [0.1, 0.15) is 5.75 Å². The number of hydrogen-bond acceptors (Lipinski definition) is 5. The molecule has 7 nitrogen and oxygen atoms in total. The van der Waals surface area contributed by atoms with Gasteiger partial charge < -0.3 is 15.0 Å². The van der Waals surface area contributed by atoms with Gasteiger partial charge in [0, 0.05) is 6.07 Å². The molecule has 4 rings (SSSR count). The quantitative estimate of drug-likeness (QED) is 0.407. The van der Waals surface area contributed by atoms with Gasteiger partial charge in [-0.15, -0.1) is 0 Å². The zero-order valence-corrected chi connectivity index (χ0v) is 18.8. The molecular formula is C23H25N5O2S. The first-order valence-electron chi connectivity index (χ1n) is 10.1. The van der Waals surface area contributed by atoms with E-state index >= 15 is 0 Å². The minimum absolute atomic E-state index is 0.102. The Hall–Kier alpha value is -3.26. The highest BCUT2D eigenvalue weighted by Gasteiger charge is 2.16. The zero-order chi connectivity index (χ0) is 22.0. The largest absolute Gasteiger partial charge is 0.494 e. The van der Waals surface area contributed by atoms with E-state index in [1.54, 1.807) is 0 Å². The number of amides is 1. The topological polar surface area (TPSA) is 84.8 Å². The Morgan fingerprint density at radius 2 is 1.94 bits per heavy atom. The molecule has 0 fully saturated rings. The molecular weight excluding hydrogens is 410 g/mol. The van der Waals surface area contributed by atoms with E-state index in [2.05, 4.69) is 20.4 Å². The van der Waals surface area contributed by atoms with E-state index in [1.807, 2.05) is 74.8 Å². The van der Waals surface area contributed by atoms with E-state index in [0.29, 0.717) is 11.8 Å². The summed E-state index contributed by atoms with van der Waals surface area (Å²) >= 11 is 1.36. The Balaban J connectivity index is 1.43. The summed E-state index contributed by atoms with van der Waals surface area (Å²) in [5, 5.41) is 8.30. The molecule has 0 unspecified atom stereocenters. The second kappa shape index (κ2) is 8.85. The van der Waals surface area contributed by atoms with E-state index in [1.165, 1.54) is 17.3 Å². The van der Waals surface area contributed by atoms with Crippen molar-refractivity contribution in [2.75, 3.05) is 17.7 Å². The second-order valence-corrected chi connectivity index (χ2v) is 8.25. The molecule has 0 aliphatic heterocycles. The molecule has 2 heterocycles. The summed E-state index contributed by atoms with van der Waals surface area (Å²) in [5.74, 6) is 0.937. The van der Waals surface area contributed by atoms with E-state index in [0.717, 1.165) is 39.5 Å². The van der Waals surface area contributed by atoms with Crippen LogP contribution in [0, 0.1) is 20.8 Å². The Morgan fingerprint density at radius 1 is 1.16 bits per heavy atom. The van der Waals surface area contributed by atoms with Crippen LogP contribution >= 0.6 is 11.8 Å². The second-order valence-electron chi connectivity index (χ2n) is 7.28. The molecule has 31 heavy (non-hydrogen) atoms. The summed E-state index contributed by atoms with van der Waals surface area (Å²) < 4.78 is 7.38. The van der Waals surface area contributed by atoms with Crippen molar-refractivity contribution in [3.63, 3.8) is 0 Å². The van der Waals surface area contributed by atoms with Gasteiger partial charge in [-0.05, 0) is 52.0 Å². The number of anilines is 1. The molecule has 4 aromatic rings. The maximum absolute atomic E-state index is 12.6. The van der Waals surface area contributed by atoms with Gasteiger partial charge in [-0.2, -0.15) is 5.10 Å². The Bertz CT molecular complexity index is 1230. The molecule has 0 atom stereocenters. The monoisotopic (exact) mass is 435 g/mol. The third kappa shape index (κ3) is 4.59. The highest BCUT2D eigenvalue weighted by atomic mass is 32.2. The van der Waals surface area contributed by atoms with Crippen molar-refractivity contribution in [1.29, 1.82) is 0 Å². The van der Waals surface area contributed by atoms with Crippen LogP contribution in [0.1, 0.15) is 23.9 Å². The molecule has 0 aliphatic carbocycles. The first-order chi connectivity index (χ1) is 14.9. The fourth-order valence-electron chi connectivity index (χ4n) is 3.36. The van der Waals surface area contributed by atoms with Crippen LogP contribution < -0.4 is 10.1 Å². The molecule has 160 valence electrons. The average Bonchev–Trinajstić information content (AvgIpc) is 3.28. The van der Waals surface area contributed by atoms with Crippen LogP contribution in [0.15, 0.2) is 47.6 Å². The Labute approximate surface area is 185 Å². The number of rotatable bonds is 7. The van der Waals surface area contributed by atoms with Gasteiger partial charge >= 0.3 is 0 Å². The highest BCUT2D eigenvalue weighted by Crippen LogP contribution is 2.25. The average molecular weight is 436 g/mol. The number of benzene rings is 2. The number of nitrogens with zero attached hydrogens (tertiary/aromatic N) is 3. The molecule has 1 amide bonds. The van der Waals surface area contributed by atoms with Crippen molar-refractivity contribution in [2.45, 2.75) is 32.9 Å². The van der Waals surface area contributed by atoms with Crippen LogP contribution in [0.2, 0.25) is 0 Å². The van der Waals surface area contributed by atoms with E-state index in [-0.39, 0.29) is 11.7 Å².